The van der Waals surface area contributed by atoms with Crippen molar-refractivity contribution in [2.75, 3.05) is 13.2 Å². The van der Waals surface area contributed by atoms with Crippen molar-refractivity contribution < 1.29 is 13.5 Å². The van der Waals surface area contributed by atoms with E-state index >= 15 is 0 Å². The average molecular weight is 261 g/mol. The lowest BCUT2D eigenvalue weighted by Gasteiger charge is -2.28. The zero-order chi connectivity index (χ0) is 12.9. The van der Waals surface area contributed by atoms with Gasteiger partial charge in [0.2, 0.25) is 0 Å². The first-order chi connectivity index (χ1) is 8.07. The van der Waals surface area contributed by atoms with E-state index in [1.807, 2.05) is 13.8 Å². The lowest BCUT2D eigenvalue weighted by atomic mass is 10.2. The Morgan fingerprint density at radius 3 is 2.53 bits per heavy atom. The molecule has 1 heterocycles. The maximum Gasteiger partial charge on any atom is 0.260 e. The molecule has 0 fully saturated rings. The molecule has 0 saturated carbocycles. The summed E-state index contributed by atoms with van der Waals surface area (Å²) in [6, 6.07) is 1.32. The standard InChI is InChI=1S/C10H19N3O3S/c1-3-9(4-2)13(7-8-14)17(15,16)10-5-6-11-12-10/h5-6,9,14H,3-4,7-8H2,1-2H3,(H,11,12). The van der Waals surface area contributed by atoms with E-state index in [1.165, 1.54) is 16.6 Å². The Morgan fingerprint density at radius 1 is 1.47 bits per heavy atom. The van der Waals surface area contributed by atoms with E-state index in [1.54, 1.807) is 0 Å². The van der Waals surface area contributed by atoms with Gasteiger partial charge in [-0.2, -0.15) is 9.40 Å². The molecule has 6 nitrogen and oxygen atoms in total. The van der Waals surface area contributed by atoms with E-state index in [9.17, 15) is 8.42 Å². The van der Waals surface area contributed by atoms with Gasteiger partial charge in [-0.05, 0) is 18.9 Å². The van der Waals surface area contributed by atoms with Gasteiger partial charge in [0.05, 0.1) is 12.8 Å². The van der Waals surface area contributed by atoms with Crippen molar-refractivity contribution in [3.05, 3.63) is 12.3 Å². The third kappa shape index (κ3) is 3.05. The van der Waals surface area contributed by atoms with Crippen LogP contribution >= 0.6 is 0 Å². The lowest BCUT2D eigenvalue weighted by Crippen LogP contribution is -2.41. The van der Waals surface area contributed by atoms with Crippen molar-refractivity contribution in [3.8, 4) is 0 Å². The third-order valence-electron chi connectivity index (χ3n) is 2.73. The number of aromatic amines is 1. The topological polar surface area (TPSA) is 86.3 Å². The number of aliphatic hydroxyl groups is 1. The van der Waals surface area contributed by atoms with Gasteiger partial charge >= 0.3 is 0 Å². The van der Waals surface area contributed by atoms with Gasteiger partial charge in [0.15, 0.2) is 5.03 Å². The Hall–Kier alpha value is -0.920. The van der Waals surface area contributed by atoms with Gasteiger partial charge in [-0.25, -0.2) is 8.42 Å². The minimum Gasteiger partial charge on any atom is -0.395 e. The molecule has 0 bridgehead atoms. The molecule has 0 spiro atoms. The van der Waals surface area contributed by atoms with E-state index in [2.05, 4.69) is 10.2 Å². The van der Waals surface area contributed by atoms with E-state index in [0.717, 1.165) is 0 Å². The SMILES string of the molecule is CCC(CC)N(CCO)S(=O)(=O)c1ccn[nH]1. The van der Waals surface area contributed by atoms with Crippen molar-refractivity contribution in [1.82, 2.24) is 14.5 Å². The highest BCUT2D eigenvalue weighted by Gasteiger charge is 2.30. The van der Waals surface area contributed by atoms with Crippen LogP contribution in [0.25, 0.3) is 0 Å². The molecule has 0 aliphatic rings. The van der Waals surface area contributed by atoms with Crippen LogP contribution in [0.5, 0.6) is 0 Å². The molecule has 0 aliphatic carbocycles. The molecule has 2 N–H and O–H groups in total. The van der Waals surface area contributed by atoms with Gasteiger partial charge in [-0.1, -0.05) is 13.8 Å². The van der Waals surface area contributed by atoms with Gasteiger partial charge < -0.3 is 5.11 Å². The molecular weight excluding hydrogens is 242 g/mol. The third-order valence-corrected chi connectivity index (χ3v) is 4.61. The van der Waals surface area contributed by atoms with Crippen molar-refractivity contribution in [2.45, 2.75) is 37.8 Å². The molecule has 1 aromatic rings. The first-order valence-electron chi connectivity index (χ1n) is 5.70. The van der Waals surface area contributed by atoms with Crippen LogP contribution in [0.1, 0.15) is 26.7 Å². The van der Waals surface area contributed by atoms with Gasteiger partial charge in [0, 0.05) is 12.6 Å². The number of nitrogens with zero attached hydrogens (tertiary/aromatic N) is 2. The molecular formula is C10H19N3O3S. The molecule has 0 radical (unpaired) electrons. The Balaban J connectivity index is 3.06. The zero-order valence-electron chi connectivity index (χ0n) is 10.1. The van der Waals surface area contributed by atoms with Crippen LogP contribution in [0.2, 0.25) is 0 Å². The number of hydrogen-bond donors (Lipinski definition) is 2. The lowest BCUT2D eigenvalue weighted by molar-refractivity contribution is 0.219. The van der Waals surface area contributed by atoms with Crippen molar-refractivity contribution in [2.24, 2.45) is 0 Å². The van der Waals surface area contributed by atoms with E-state index in [0.29, 0.717) is 12.8 Å². The number of rotatable bonds is 7. The highest BCUT2D eigenvalue weighted by molar-refractivity contribution is 7.89. The zero-order valence-corrected chi connectivity index (χ0v) is 10.9. The van der Waals surface area contributed by atoms with Crippen LogP contribution in [0.4, 0.5) is 0 Å². The molecule has 0 aliphatic heterocycles. The number of H-pyrrole nitrogens is 1. The highest BCUT2D eigenvalue weighted by Crippen LogP contribution is 2.19. The summed E-state index contributed by atoms with van der Waals surface area (Å²) in [5, 5.41) is 15.2. The fraction of sp³-hybridized carbons (Fsp3) is 0.700. The van der Waals surface area contributed by atoms with E-state index < -0.39 is 10.0 Å². The number of hydrogen-bond acceptors (Lipinski definition) is 4. The summed E-state index contributed by atoms with van der Waals surface area (Å²) in [6.07, 6.45) is 2.82. The fourth-order valence-electron chi connectivity index (χ4n) is 1.81. The van der Waals surface area contributed by atoms with E-state index in [-0.39, 0.29) is 24.2 Å². The number of aliphatic hydroxyl groups excluding tert-OH is 1. The van der Waals surface area contributed by atoms with Gasteiger partial charge in [-0.15, -0.1) is 0 Å². The van der Waals surface area contributed by atoms with Crippen LogP contribution in [0.3, 0.4) is 0 Å². The molecule has 0 amide bonds. The molecule has 1 rings (SSSR count). The molecule has 17 heavy (non-hydrogen) atoms. The van der Waals surface area contributed by atoms with Crippen LogP contribution in [0.15, 0.2) is 17.3 Å². The van der Waals surface area contributed by atoms with E-state index in [4.69, 9.17) is 5.11 Å². The van der Waals surface area contributed by atoms with Crippen LogP contribution in [-0.2, 0) is 10.0 Å². The minimum atomic E-state index is -3.59. The maximum atomic E-state index is 12.3. The Morgan fingerprint density at radius 2 is 2.12 bits per heavy atom. The van der Waals surface area contributed by atoms with Crippen LogP contribution < -0.4 is 0 Å². The minimum absolute atomic E-state index is 0.0675. The molecule has 7 heteroatoms. The van der Waals surface area contributed by atoms with Gasteiger partial charge in [0.1, 0.15) is 0 Å². The maximum absolute atomic E-state index is 12.3. The van der Waals surface area contributed by atoms with Gasteiger partial charge in [-0.3, -0.25) is 5.10 Å². The molecule has 98 valence electrons. The second-order valence-corrected chi connectivity index (χ2v) is 5.59. The monoisotopic (exact) mass is 261 g/mol. The molecule has 1 aromatic heterocycles. The second-order valence-electron chi connectivity index (χ2n) is 3.73. The van der Waals surface area contributed by atoms with Crippen molar-refractivity contribution in [1.29, 1.82) is 0 Å². The number of sulfonamides is 1. The molecule has 0 unspecified atom stereocenters. The summed E-state index contributed by atoms with van der Waals surface area (Å²) in [5.41, 5.74) is 0. The summed E-state index contributed by atoms with van der Waals surface area (Å²) in [6.45, 7) is 3.78. The first-order valence-corrected chi connectivity index (χ1v) is 7.14. The Labute approximate surface area is 102 Å². The molecule has 0 saturated heterocycles. The summed E-state index contributed by atoms with van der Waals surface area (Å²) in [4.78, 5) is 0. The largest absolute Gasteiger partial charge is 0.395 e. The van der Waals surface area contributed by atoms with Crippen molar-refractivity contribution >= 4 is 10.0 Å². The van der Waals surface area contributed by atoms with Crippen LogP contribution in [-0.4, -0.2) is 47.2 Å². The summed E-state index contributed by atoms with van der Waals surface area (Å²) >= 11 is 0. The summed E-state index contributed by atoms with van der Waals surface area (Å²) in [5.74, 6) is 0. The molecule has 0 aromatic carbocycles. The van der Waals surface area contributed by atoms with Crippen LogP contribution in [0, 0.1) is 0 Å². The Bertz CT molecular complexity index is 412. The Kier molecular flexibility index (Phi) is 5.10. The predicted molar refractivity (Wildman–Crippen MR) is 63.9 cm³/mol. The second kappa shape index (κ2) is 6.13. The molecule has 0 atom stereocenters. The van der Waals surface area contributed by atoms with Gasteiger partial charge in [0.25, 0.3) is 10.0 Å². The fourth-order valence-corrected chi connectivity index (χ4v) is 3.47. The summed E-state index contributed by atoms with van der Waals surface area (Å²) < 4.78 is 25.9. The predicted octanol–water partition coefficient (Wildman–Crippen LogP) is 0.581. The normalized spacial score (nSPS) is 12.5. The summed E-state index contributed by atoms with van der Waals surface area (Å²) in [7, 11) is -3.59. The smallest absolute Gasteiger partial charge is 0.260 e. The van der Waals surface area contributed by atoms with Crippen molar-refractivity contribution in [3.63, 3.8) is 0 Å². The number of nitrogens with one attached hydrogen (secondary N) is 1. The quantitative estimate of drug-likeness (QED) is 0.751. The average Bonchev–Trinajstić information content (AvgIpc) is 2.83. The first kappa shape index (κ1) is 14.1. The highest BCUT2D eigenvalue weighted by atomic mass is 32.2. The number of aromatic nitrogens is 2.